The van der Waals surface area contributed by atoms with Crippen molar-refractivity contribution in [3.63, 3.8) is 0 Å². The number of hydrogen-bond donors (Lipinski definition) is 0. The summed E-state index contributed by atoms with van der Waals surface area (Å²) in [6.45, 7) is 2.73. The van der Waals surface area contributed by atoms with E-state index in [1.54, 1.807) is 19.2 Å². The van der Waals surface area contributed by atoms with Crippen LogP contribution in [0.5, 0.6) is 5.75 Å². The lowest BCUT2D eigenvalue weighted by Gasteiger charge is -2.09. The van der Waals surface area contributed by atoms with Crippen LogP contribution in [0, 0.1) is 17.1 Å². The number of halogens is 1. The fourth-order valence-electron chi connectivity index (χ4n) is 2.81. The standard InChI is InChI=1S/C18H15FN2O/c1-3-21-17-10-14(22-2)8-9-15(17)16(11-20)18(21)12-4-6-13(19)7-5-12/h4-10H,3H2,1-2H3. The minimum absolute atomic E-state index is 0.289. The molecule has 0 aliphatic carbocycles. The fraction of sp³-hybridized carbons (Fsp3) is 0.167. The minimum Gasteiger partial charge on any atom is -0.497 e. The van der Waals surface area contributed by atoms with E-state index in [0.29, 0.717) is 12.1 Å². The molecule has 0 bridgehead atoms. The summed E-state index contributed by atoms with van der Waals surface area (Å²) in [4.78, 5) is 0. The molecule has 110 valence electrons. The van der Waals surface area contributed by atoms with Crippen LogP contribution in [0.15, 0.2) is 42.5 Å². The molecule has 0 unspecified atom stereocenters. The van der Waals surface area contributed by atoms with Crippen molar-refractivity contribution < 1.29 is 9.13 Å². The number of benzene rings is 2. The van der Waals surface area contributed by atoms with Crippen LogP contribution in [-0.4, -0.2) is 11.7 Å². The molecule has 3 aromatic rings. The number of aryl methyl sites for hydroxylation is 1. The van der Waals surface area contributed by atoms with Gasteiger partial charge in [-0.1, -0.05) is 0 Å². The number of rotatable bonds is 3. The van der Waals surface area contributed by atoms with E-state index in [9.17, 15) is 9.65 Å². The lowest BCUT2D eigenvalue weighted by molar-refractivity contribution is 0.415. The second kappa shape index (κ2) is 5.53. The molecule has 0 aliphatic heterocycles. The maximum atomic E-state index is 13.2. The van der Waals surface area contributed by atoms with Crippen molar-refractivity contribution >= 4 is 10.9 Å². The second-order valence-electron chi connectivity index (χ2n) is 4.97. The van der Waals surface area contributed by atoms with Crippen LogP contribution in [0.25, 0.3) is 22.2 Å². The van der Waals surface area contributed by atoms with Gasteiger partial charge in [0.1, 0.15) is 17.6 Å². The van der Waals surface area contributed by atoms with Crippen LogP contribution in [-0.2, 0) is 6.54 Å². The van der Waals surface area contributed by atoms with Gasteiger partial charge in [0, 0.05) is 18.0 Å². The Hall–Kier alpha value is -2.80. The molecule has 0 N–H and O–H groups in total. The van der Waals surface area contributed by atoms with Crippen molar-refractivity contribution in [2.45, 2.75) is 13.5 Å². The summed E-state index contributed by atoms with van der Waals surface area (Å²) in [7, 11) is 1.62. The van der Waals surface area contributed by atoms with Gasteiger partial charge in [0.2, 0.25) is 0 Å². The SMILES string of the molecule is CCn1c(-c2ccc(F)cc2)c(C#N)c2ccc(OC)cc21. The van der Waals surface area contributed by atoms with Crippen LogP contribution in [0.4, 0.5) is 4.39 Å². The van der Waals surface area contributed by atoms with Crippen LogP contribution in [0.3, 0.4) is 0 Å². The number of hydrogen-bond acceptors (Lipinski definition) is 2. The predicted octanol–water partition coefficient (Wildman–Crippen LogP) is 4.35. The zero-order valence-electron chi connectivity index (χ0n) is 12.4. The highest BCUT2D eigenvalue weighted by molar-refractivity contribution is 5.95. The van der Waals surface area contributed by atoms with Crippen molar-refractivity contribution in [1.29, 1.82) is 5.26 Å². The van der Waals surface area contributed by atoms with Crippen molar-refractivity contribution in [3.05, 3.63) is 53.8 Å². The number of ether oxygens (including phenoxy) is 1. The third kappa shape index (κ3) is 2.11. The molecule has 0 atom stereocenters. The molecule has 0 spiro atoms. The summed E-state index contributed by atoms with van der Waals surface area (Å²) in [5.74, 6) is 0.456. The van der Waals surface area contributed by atoms with Crippen LogP contribution in [0.1, 0.15) is 12.5 Å². The van der Waals surface area contributed by atoms with Crippen LogP contribution < -0.4 is 4.74 Å². The molecule has 0 radical (unpaired) electrons. The first-order valence-electron chi connectivity index (χ1n) is 7.05. The zero-order chi connectivity index (χ0) is 15.7. The van der Waals surface area contributed by atoms with E-state index in [0.717, 1.165) is 27.9 Å². The van der Waals surface area contributed by atoms with E-state index < -0.39 is 0 Å². The lowest BCUT2D eigenvalue weighted by atomic mass is 10.1. The summed E-state index contributed by atoms with van der Waals surface area (Å²) < 4.78 is 20.5. The van der Waals surface area contributed by atoms with Gasteiger partial charge in [-0.05, 0) is 48.9 Å². The van der Waals surface area contributed by atoms with Gasteiger partial charge in [-0.15, -0.1) is 0 Å². The van der Waals surface area contributed by atoms with E-state index in [2.05, 4.69) is 10.6 Å². The quantitative estimate of drug-likeness (QED) is 0.720. The average Bonchev–Trinajstić information content (AvgIpc) is 2.87. The van der Waals surface area contributed by atoms with Gasteiger partial charge in [-0.2, -0.15) is 5.26 Å². The molecule has 0 fully saturated rings. The monoisotopic (exact) mass is 294 g/mol. The first-order chi connectivity index (χ1) is 10.7. The van der Waals surface area contributed by atoms with Crippen molar-refractivity contribution in [3.8, 4) is 23.1 Å². The molecule has 0 saturated heterocycles. The molecular weight excluding hydrogens is 279 g/mol. The number of aromatic nitrogens is 1. The van der Waals surface area contributed by atoms with Crippen LogP contribution >= 0.6 is 0 Å². The fourth-order valence-corrected chi connectivity index (χ4v) is 2.81. The largest absolute Gasteiger partial charge is 0.497 e. The summed E-state index contributed by atoms with van der Waals surface area (Å²) in [6, 6.07) is 14.2. The predicted molar refractivity (Wildman–Crippen MR) is 84.3 cm³/mol. The number of methoxy groups -OCH3 is 1. The van der Waals surface area contributed by atoms with Crippen LogP contribution in [0.2, 0.25) is 0 Å². The summed E-state index contributed by atoms with van der Waals surface area (Å²) in [5, 5.41) is 10.5. The third-order valence-corrected chi connectivity index (χ3v) is 3.82. The molecule has 22 heavy (non-hydrogen) atoms. The Labute approximate surface area is 128 Å². The summed E-state index contributed by atoms with van der Waals surface area (Å²) in [6.07, 6.45) is 0. The highest BCUT2D eigenvalue weighted by Gasteiger charge is 2.18. The Balaban J connectivity index is 2.37. The lowest BCUT2D eigenvalue weighted by Crippen LogP contribution is -1.98. The molecule has 3 nitrogen and oxygen atoms in total. The van der Waals surface area contributed by atoms with E-state index in [1.807, 2.05) is 25.1 Å². The summed E-state index contributed by atoms with van der Waals surface area (Å²) in [5.41, 5.74) is 3.19. The van der Waals surface area contributed by atoms with E-state index in [-0.39, 0.29) is 5.82 Å². The number of nitriles is 1. The molecule has 2 aromatic carbocycles. The van der Waals surface area contributed by atoms with E-state index >= 15 is 0 Å². The number of fused-ring (bicyclic) bond motifs is 1. The molecular formula is C18H15FN2O. The van der Waals surface area contributed by atoms with Gasteiger partial charge < -0.3 is 9.30 Å². The first kappa shape index (κ1) is 14.2. The topological polar surface area (TPSA) is 38.0 Å². The number of nitrogens with zero attached hydrogens (tertiary/aromatic N) is 2. The summed E-state index contributed by atoms with van der Waals surface area (Å²) >= 11 is 0. The Morgan fingerprint density at radius 2 is 1.91 bits per heavy atom. The van der Waals surface area contributed by atoms with Gasteiger partial charge in [-0.3, -0.25) is 0 Å². The zero-order valence-corrected chi connectivity index (χ0v) is 12.4. The minimum atomic E-state index is -0.289. The Morgan fingerprint density at radius 3 is 2.50 bits per heavy atom. The second-order valence-corrected chi connectivity index (χ2v) is 4.97. The van der Waals surface area contributed by atoms with Gasteiger partial charge in [0.15, 0.2) is 0 Å². The van der Waals surface area contributed by atoms with E-state index in [4.69, 9.17) is 4.74 Å². The normalized spacial score (nSPS) is 10.6. The smallest absolute Gasteiger partial charge is 0.123 e. The van der Waals surface area contributed by atoms with Gasteiger partial charge >= 0.3 is 0 Å². The first-order valence-corrected chi connectivity index (χ1v) is 7.05. The Kier molecular flexibility index (Phi) is 3.56. The maximum absolute atomic E-state index is 13.2. The molecule has 3 rings (SSSR count). The van der Waals surface area contributed by atoms with Crippen molar-refractivity contribution in [2.75, 3.05) is 7.11 Å². The molecule has 4 heteroatoms. The van der Waals surface area contributed by atoms with Gasteiger partial charge in [0.05, 0.1) is 23.9 Å². The molecule has 0 aliphatic rings. The van der Waals surface area contributed by atoms with Gasteiger partial charge in [-0.25, -0.2) is 4.39 Å². The van der Waals surface area contributed by atoms with E-state index in [1.165, 1.54) is 12.1 Å². The molecule has 0 saturated carbocycles. The van der Waals surface area contributed by atoms with Crippen molar-refractivity contribution in [2.24, 2.45) is 0 Å². The average molecular weight is 294 g/mol. The third-order valence-electron chi connectivity index (χ3n) is 3.82. The molecule has 0 amide bonds. The maximum Gasteiger partial charge on any atom is 0.123 e. The molecule has 1 heterocycles. The Morgan fingerprint density at radius 1 is 1.18 bits per heavy atom. The Bertz CT molecular complexity index is 873. The highest BCUT2D eigenvalue weighted by atomic mass is 19.1. The molecule has 1 aromatic heterocycles. The van der Waals surface area contributed by atoms with Gasteiger partial charge in [0.25, 0.3) is 0 Å². The van der Waals surface area contributed by atoms with Crippen molar-refractivity contribution in [1.82, 2.24) is 4.57 Å². The highest BCUT2D eigenvalue weighted by Crippen LogP contribution is 2.35.